The molecule has 11 heteroatoms. The largest absolute Gasteiger partial charge is 0.496 e. The Morgan fingerprint density at radius 2 is 1.54 bits per heavy atom. The summed E-state index contributed by atoms with van der Waals surface area (Å²) in [5, 5.41) is 9.24. The number of ether oxygens (including phenoxy) is 4. The van der Waals surface area contributed by atoms with Gasteiger partial charge in [0.25, 0.3) is 5.91 Å². The molecule has 1 fully saturated rings. The number of nitrogens with zero attached hydrogens (tertiary/aromatic N) is 1. The van der Waals surface area contributed by atoms with E-state index >= 15 is 0 Å². The number of piperidine rings is 1. The summed E-state index contributed by atoms with van der Waals surface area (Å²) in [6.45, 7) is 2.39. The summed E-state index contributed by atoms with van der Waals surface area (Å²) in [7, 11) is 0.217. The van der Waals surface area contributed by atoms with Gasteiger partial charge in [-0.05, 0) is 66.8 Å². The number of hydrogen-bond acceptors (Lipinski definition) is 8. The maximum Gasteiger partial charge on any atom is 0.279 e. The number of hydroxylamine groups is 1. The number of aryl methyl sites for hydroxylation is 1. The molecule has 39 heavy (non-hydrogen) atoms. The van der Waals surface area contributed by atoms with Crippen LogP contribution in [0.1, 0.15) is 28.8 Å². The first-order valence-corrected chi connectivity index (χ1v) is 13.8. The number of rotatable bonds is 9. The highest BCUT2D eigenvalue weighted by molar-refractivity contribution is 7.89. The number of methoxy groups -OCH3 is 3. The highest BCUT2D eigenvalue weighted by atomic mass is 32.2. The van der Waals surface area contributed by atoms with Gasteiger partial charge < -0.3 is 18.9 Å². The molecule has 0 saturated carbocycles. The Hall–Kier alpha value is -3.80. The van der Waals surface area contributed by atoms with E-state index in [-0.39, 0.29) is 41.2 Å². The molecule has 1 saturated heterocycles. The second kappa shape index (κ2) is 11.9. The third kappa shape index (κ3) is 5.80. The molecule has 0 atom stereocenters. The fourth-order valence-electron chi connectivity index (χ4n) is 4.64. The summed E-state index contributed by atoms with van der Waals surface area (Å²) >= 11 is 0. The zero-order valence-electron chi connectivity index (χ0n) is 22.3. The summed E-state index contributed by atoms with van der Waals surface area (Å²) in [6, 6.07) is 16.5. The predicted molar refractivity (Wildman–Crippen MR) is 144 cm³/mol. The van der Waals surface area contributed by atoms with Crippen molar-refractivity contribution in [1.29, 1.82) is 0 Å². The van der Waals surface area contributed by atoms with Crippen molar-refractivity contribution in [3.8, 4) is 34.1 Å². The van der Waals surface area contributed by atoms with Gasteiger partial charge in [0.2, 0.25) is 10.0 Å². The smallest absolute Gasteiger partial charge is 0.279 e. The summed E-state index contributed by atoms with van der Waals surface area (Å²) in [4.78, 5) is 12.1. The molecule has 0 unspecified atom stereocenters. The number of carbonyl (C=O) groups excluding carboxylic acids is 1. The molecule has 1 aliphatic rings. The Morgan fingerprint density at radius 3 is 2.13 bits per heavy atom. The van der Waals surface area contributed by atoms with Gasteiger partial charge in [-0.15, -0.1) is 0 Å². The van der Waals surface area contributed by atoms with E-state index in [1.807, 2.05) is 49.4 Å². The van der Waals surface area contributed by atoms with Crippen molar-refractivity contribution in [3.63, 3.8) is 0 Å². The molecule has 1 aliphatic heterocycles. The molecule has 1 heterocycles. The van der Waals surface area contributed by atoms with Crippen molar-refractivity contribution in [2.24, 2.45) is 0 Å². The van der Waals surface area contributed by atoms with Gasteiger partial charge in [-0.25, -0.2) is 13.9 Å². The van der Waals surface area contributed by atoms with Crippen molar-refractivity contribution in [3.05, 3.63) is 65.7 Å². The minimum atomic E-state index is -4.09. The molecule has 0 bridgehead atoms. The third-order valence-corrected chi connectivity index (χ3v) is 8.69. The number of amides is 1. The van der Waals surface area contributed by atoms with Crippen LogP contribution in [0.5, 0.6) is 23.0 Å². The molecule has 208 valence electrons. The summed E-state index contributed by atoms with van der Waals surface area (Å²) in [5.74, 6) is 0.577. The van der Waals surface area contributed by atoms with E-state index in [4.69, 9.17) is 18.9 Å². The predicted octanol–water partition coefficient (Wildman–Crippen LogP) is 4.04. The van der Waals surface area contributed by atoms with Crippen molar-refractivity contribution < 1.29 is 37.4 Å². The lowest BCUT2D eigenvalue weighted by Gasteiger charge is -2.32. The highest BCUT2D eigenvalue weighted by Gasteiger charge is 2.35. The number of nitrogens with one attached hydrogen (secondary N) is 1. The molecule has 2 N–H and O–H groups in total. The van der Waals surface area contributed by atoms with Gasteiger partial charge in [-0.3, -0.25) is 10.0 Å². The topological polar surface area (TPSA) is 124 Å². The molecule has 3 aromatic rings. The van der Waals surface area contributed by atoms with E-state index in [1.54, 1.807) is 7.11 Å². The third-order valence-electron chi connectivity index (χ3n) is 6.75. The van der Waals surface area contributed by atoms with Gasteiger partial charge in [0.1, 0.15) is 23.2 Å². The first-order chi connectivity index (χ1) is 18.7. The van der Waals surface area contributed by atoms with E-state index in [0.29, 0.717) is 18.6 Å². The quantitative estimate of drug-likeness (QED) is 0.299. The van der Waals surface area contributed by atoms with Crippen molar-refractivity contribution in [2.45, 2.75) is 30.8 Å². The highest BCUT2D eigenvalue weighted by Crippen LogP contribution is 2.37. The lowest BCUT2D eigenvalue weighted by Crippen LogP contribution is -2.42. The van der Waals surface area contributed by atoms with Crippen LogP contribution in [0.3, 0.4) is 0 Å². The first kappa shape index (κ1) is 28.2. The number of benzene rings is 3. The molecule has 0 radical (unpaired) electrons. The zero-order chi connectivity index (χ0) is 28.2. The zero-order valence-corrected chi connectivity index (χ0v) is 23.1. The van der Waals surface area contributed by atoms with Crippen LogP contribution in [0.2, 0.25) is 0 Å². The van der Waals surface area contributed by atoms with E-state index in [1.165, 1.54) is 36.1 Å². The molecule has 0 aromatic heterocycles. The Kier molecular flexibility index (Phi) is 8.63. The van der Waals surface area contributed by atoms with Crippen LogP contribution in [0, 0.1) is 6.92 Å². The first-order valence-electron chi connectivity index (χ1n) is 12.3. The van der Waals surface area contributed by atoms with Gasteiger partial charge in [-0.1, -0.05) is 24.3 Å². The maximum absolute atomic E-state index is 13.5. The van der Waals surface area contributed by atoms with Crippen LogP contribution in [-0.2, 0) is 10.0 Å². The molecule has 0 aliphatic carbocycles. The monoisotopic (exact) mass is 556 g/mol. The minimum Gasteiger partial charge on any atom is -0.496 e. The van der Waals surface area contributed by atoms with Crippen molar-refractivity contribution in [1.82, 2.24) is 9.79 Å². The van der Waals surface area contributed by atoms with Gasteiger partial charge in [-0.2, -0.15) is 4.31 Å². The maximum atomic E-state index is 13.5. The average Bonchev–Trinajstić information content (AvgIpc) is 2.96. The number of sulfonamides is 1. The molecular weight excluding hydrogens is 524 g/mol. The molecule has 4 rings (SSSR count). The molecular formula is C28H32N2O8S. The lowest BCUT2D eigenvalue weighted by atomic mass is 10.0. The Bertz CT molecular complexity index is 1430. The SMILES string of the molecule is COc1cc(-c2ccc(OC3CCN(S(=O)(=O)c4ccc(OC)c(OC)c4C(=O)NO)CC3)cc2)ccc1C. The number of carbonyl (C=O) groups is 1. The second-order valence-corrected chi connectivity index (χ2v) is 11.0. The standard InChI is InChI=1S/C28H32N2O8S/c1-18-5-6-20(17-24(18)36-3)19-7-9-21(10-8-19)38-22-13-15-30(16-14-22)39(33,34)25-12-11-23(35-2)27(37-4)26(25)28(31)29-32/h5-12,17,22,32H,13-16H2,1-4H3,(H,29,31). The lowest BCUT2D eigenvalue weighted by molar-refractivity contribution is 0.0698. The minimum absolute atomic E-state index is 0.0872. The number of hydrogen-bond donors (Lipinski definition) is 2. The molecule has 1 amide bonds. The van der Waals surface area contributed by atoms with Crippen LogP contribution < -0.4 is 24.4 Å². The molecule has 3 aromatic carbocycles. The molecule has 10 nitrogen and oxygen atoms in total. The van der Waals surface area contributed by atoms with Crippen LogP contribution in [0.4, 0.5) is 0 Å². The van der Waals surface area contributed by atoms with E-state index in [0.717, 1.165) is 22.4 Å². The second-order valence-electron chi connectivity index (χ2n) is 9.05. The summed E-state index contributed by atoms with van der Waals surface area (Å²) in [6.07, 6.45) is 0.753. The fourth-order valence-corrected chi connectivity index (χ4v) is 6.30. The summed E-state index contributed by atoms with van der Waals surface area (Å²) < 4.78 is 50.3. The van der Waals surface area contributed by atoms with E-state index in [2.05, 4.69) is 0 Å². The van der Waals surface area contributed by atoms with Crippen LogP contribution in [0.15, 0.2) is 59.5 Å². The van der Waals surface area contributed by atoms with Crippen LogP contribution in [0.25, 0.3) is 11.1 Å². The Morgan fingerprint density at radius 1 is 0.897 bits per heavy atom. The van der Waals surface area contributed by atoms with Gasteiger partial charge in [0.15, 0.2) is 11.5 Å². The van der Waals surface area contributed by atoms with E-state index in [9.17, 15) is 18.4 Å². The Balaban J connectivity index is 1.45. The summed E-state index contributed by atoms with van der Waals surface area (Å²) in [5.41, 5.74) is 4.29. The van der Waals surface area contributed by atoms with E-state index < -0.39 is 15.9 Å². The molecule has 0 spiro atoms. The van der Waals surface area contributed by atoms with Crippen molar-refractivity contribution in [2.75, 3.05) is 34.4 Å². The van der Waals surface area contributed by atoms with Gasteiger partial charge >= 0.3 is 0 Å². The normalized spacial score (nSPS) is 14.5. The Labute approximate surface area is 228 Å². The van der Waals surface area contributed by atoms with Gasteiger partial charge in [0, 0.05) is 13.1 Å². The average molecular weight is 557 g/mol. The van der Waals surface area contributed by atoms with Crippen LogP contribution in [-0.4, -0.2) is 64.4 Å². The fraction of sp³-hybridized carbons (Fsp3) is 0.321. The van der Waals surface area contributed by atoms with Crippen molar-refractivity contribution >= 4 is 15.9 Å². The van der Waals surface area contributed by atoms with Gasteiger partial charge in [0.05, 0.1) is 26.2 Å². The van der Waals surface area contributed by atoms with Crippen LogP contribution >= 0.6 is 0 Å².